The topological polar surface area (TPSA) is 80.5 Å². The van der Waals surface area contributed by atoms with Crippen LogP contribution in [0.5, 0.6) is 0 Å². The molecule has 0 aliphatic carbocycles. The van der Waals surface area contributed by atoms with Gasteiger partial charge in [0.1, 0.15) is 10.7 Å². The van der Waals surface area contributed by atoms with Crippen molar-refractivity contribution in [2.45, 2.75) is 31.2 Å². The molecule has 0 radical (unpaired) electrons. The summed E-state index contributed by atoms with van der Waals surface area (Å²) in [6, 6.07) is 1.73. The summed E-state index contributed by atoms with van der Waals surface area (Å²) in [6.45, 7) is 4.48. The molecule has 8 heteroatoms. The van der Waals surface area contributed by atoms with Crippen LogP contribution in [0.4, 0.5) is 4.39 Å². The zero-order valence-electron chi connectivity index (χ0n) is 11.6. The summed E-state index contributed by atoms with van der Waals surface area (Å²) >= 11 is 5.89. The number of rotatable bonds is 2. The van der Waals surface area contributed by atoms with Crippen LogP contribution >= 0.6 is 11.6 Å². The van der Waals surface area contributed by atoms with E-state index in [0.29, 0.717) is 12.5 Å². The Hall–Kier alpha value is -1.18. The van der Waals surface area contributed by atoms with E-state index in [1.165, 1.54) is 0 Å². The van der Waals surface area contributed by atoms with Gasteiger partial charge in [-0.05, 0) is 31.4 Å². The molecule has 2 rings (SSSR count). The minimum atomic E-state index is -4.26. The van der Waals surface area contributed by atoms with Gasteiger partial charge in [-0.1, -0.05) is 18.5 Å². The number of carbonyl (C=O) groups excluding carboxylic acids is 1. The highest BCUT2D eigenvalue weighted by molar-refractivity contribution is 7.89. The number of likely N-dealkylation sites (tertiary alicyclic amines) is 1. The zero-order chi connectivity index (χ0) is 15.9. The first-order chi connectivity index (χ1) is 9.61. The molecule has 2 unspecified atom stereocenters. The number of hydrogen-bond acceptors (Lipinski definition) is 3. The van der Waals surface area contributed by atoms with Gasteiger partial charge in [-0.25, -0.2) is 17.9 Å². The predicted molar refractivity (Wildman–Crippen MR) is 77.1 cm³/mol. The molecule has 2 N–H and O–H groups in total. The Kier molecular flexibility index (Phi) is 4.28. The van der Waals surface area contributed by atoms with Gasteiger partial charge < -0.3 is 4.90 Å². The molecule has 0 saturated carbocycles. The van der Waals surface area contributed by atoms with Crippen molar-refractivity contribution in [1.82, 2.24) is 4.90 Å². The van der Waals surface area contributed by atoms with E-state index in [2.05, 4.69) is 0 Å². The third-order valence-corrected chi connectivity index (χ3v) is 4.84. The average molecular weight is 335 g/mol. The van der Waals surface area contributed by atoms with Crippen LogP contribution in [-0.4, -0.2) is 31.8 Å². The van der Waals surface area contributed by atoms with E-state index >= 15 is 0 Å². The standard InChI is InChI=1S/C13H16ClFN2O3S/c1-7-3-8(2)17(6-7)13(18)9-4-12(21(16,19)20)11(15)5-10(9)14/h4-5,7-8H,3,6H2,1-2H3,(H2,16,19,20). The smallest absolute Gasteiger partial charge is 0.255 e. The maximum absolute atomic E-state index is 13.6. The molecule has 0 aromatic heterocycles. The first kappa shape index (κ1) is 16.2. The number of hydrogen-bond donors (Lipinski definition) is 1. The van der Waals surface area contributed by atoms with Gasteiger partial charge in [-0.3, -0.25) is 4.79 Å². The molecule has 1 amide bonds. The Morgan fingerprint density at radius 3 is 2.52 bits per heavy atom. The average Bonchev–Trinajstić information content (AvgIpc) is 2.66. The third kappa shape index (κ3) is 3.20. The van der Waals surface area contributed by atoms with Crippen LogP contribution in [0.2, 0.25) is 5.02 Å². The minimum Gasteiger partial charge on any atom is -0.336 e. The van der Waals surface area contributed by atoms with Gasteiger partial charge in [-0.15, -0.1) is 0 Å². The van der Waals surface area contributed by atoms with Crippen molar-refractivity contribution < 1.29 is 17.6 Å². The molecule has 1 aliphatic rings. The summed E-state index contributed by atoms with van der Waals surface area (Å²) in [4.78, 5) is 13.4. The predicted octanol–water partition coefficient (Wildman–Crippen LogP) is 2.00. The second-order valence-electron chi connectivity index (χ2n) is 5.45. The van der Waals surface area contributed by atoms with Crippen LogP contribution in [0.1, 0.15) is 30.6 Å². The summed E-state index contributed by atoms with van der Waals surface area (Å²) in [5, 5.41) is 4.82. The Morgan fingerprint density at radius 2 is 2.05 bits per heavy atom. The fourth-order valence-electron chi connectivity index (χ4n) is 2.65. The molecular weight excluding hydrogens is 319 g/mol. The Balaban J connectivity index is 2.47. The highest BCUT2D eigenvalue weighted by Gasteiger charge is 2.32. The van der Waals surface area contributed by atoms with E-state index in [1.807, 2.05) is 13.8 Å². The molecule has 0 bridgehead atoms. The first-order valence-electron chi connectivity index (χ1n) is 6.44. The van der Waals surface area contributed by atoms with Crippen molar-refractivity contribution in [2.75, 3.05) is 6.54 Å². The van der Waals surface area contributed by atoms with Gasteiger partial charge in [-0.2, -0.15) is 0 Å². The van der Waals surface area contributed by atoms with E-state index in [9.17, 15) is 17.6 Å². The normalized spacial score (nSPS) is 22.6. The summed E-state index contributed by atoms with van der Waals surface area (Å²) in [6.07, 6.45) is 0.854. The molecule has 1 aliphatic heterocycles. The third-order valence-electron chi connectivity index (χ3n) is 3.60. The van der Waals surface area contributed by atoms with Crippen LogP contribution in [0.15, 0.2) is 17.0 Å². The van der Waals surface area contributed by atoms with Crippen molar-refractivity contribution in [1.29, 1.82) is 0 Å². The number of nitrogens with zero attached hydrogens (tertiary/aromatic N) is 1. The van der Waals surface area contributed by atoms with Gasteiger partial charge in [0.2, 0.25) is 10.0 Å². The van der Waals surface area contributed by atoms with Crippen molar-refractivity contribution in [3.8, 4) is 0 Å². The van der Waals surface area contributed by atoms with E-state index in [0.717, 1.165) is 18.6 Å². The molecule has 0 spiro atoms. The summed E-state index contributed by atoms with van der Waals surface area (Å²) in [5.74, 6) is -1.13. The maximum atomic E-state index is 13.6. The fourth-order valence-corrected chi connectivity index (χ4v) is 3.49. The number of nitrogens with two attached hydrogens (primary N) is 1. The van der Waals surface area contributed by atoms with E-state index in [1.54, 1.807) is 4.90 Å². The lowest BCUT2D eigenvalue weighted by Gasteiger charge is -2.22. The Morgan fingerprint density at radius 1 is 1.43 bits per heavy atom. The monoisotopic (exact) mass is 334 g/mol. The number of halogens is 2. The second-order valence-corrected chi connectivity index (χ2v) is 7.39. The molecule has 116 valence electrons. The lowest BCUT2D eigenvalue weighted by atomic mass is 10.1. The van der Waals surface area contributed by atoms with E-state index in [4.69, 9.17) is 16.7 Å². The first-order valence-corrected chi connectivity index (χ1v) is 8.36. The lowest BCUT2D eigenvalue weighted by Crippen LogP contribution is -2.34. The zero-order valence-corrected chi connectivity index (χ0v) is 13.2. The number of amides is 1. The second kappa shape index (κ2) is 5.55. The molecule has 1 saturated heterocycles. The van der Waals surface area contributed by atoms with Crippen LogP contribution in [-0.2, 0) is 10.0 Å². The van der Waals surface area contributed by atoms with Crippen LogP contribution in [0.25, 0.3) is 0 Å². The highest BCUT2D eigenvalue weighted by Crippen LogP contribution is 2.29. The van der Waals surface area contributed by atoms with Gasteiger partial charge in [0, 0.05) is 12.6 Å². The van der Waals surface area contributed by atoms with Crippen molar-refractivity contribution in [3.63, 3.8) is 0 Å². The Labute approximate surface area is 127 Å². The van der Waals surface area contributed by atoms with Crippen molar-refractivity contribution in [2.24, 2.45) is 11.1 Å². The number of carbonyl (C=O) groups is 1. The van der Waals surface area contributed by atoms with E-state index < -0.39 is 26.6 Å². The van der Waals surface area contributed by atoms with E-state index in [-0.39, 0.29) is 16.6 Å². The van der Waals surface area contributed by atoms with Crippen molar-refractivity contribution >= 4 is 27.5 Å². The summed E-state index contributed by atoms with van der Waals surface area (Å²) in [5.41, 5.74) is -0.0527. The highest BCUT2D eigenvalue weighted by atomic mass is 35.5. The number of primary sulfonamides is 1. The Bertz CT molecular complexity index is 693. The van der Waals surface area contributed by atoms with Crippen molar-refractivity contribution in [3.05, 3.63) is 28.5 Å². The fraction of sp³-hybridized carbons (Fsp3) is 0.462. The van der Waals surface area contributed by atoms with Gasteiger partial charge in [0.05, 0.1) is 10.6 Å². The molecule has 1 aromatic carbocycles. The number of benzene rings is 1. The largest absolute Gasteiger partial charge is 0.336 e. The van der Waals surface area contributed by atoms with Gasteiger partial charge in [0.15, 0.2) is 0 Å². The van der Waals surface area contributed by atoms with Gasteiger partial charge >= 0.3 is 0 Å². The molecule has 1 fully saturated rings. The lowest BCUT2D eigenvalue weighted by molar-refractivity contribution is 0.0743. The number of sulfonamides is 1. The van der Waals surface area contributed by atoms with Crippen LogP contribution in [0, 0.1) is 11.7 Å². The minimum absolute atomic E-state index is 0.0200. The molecule has 2 atom stereocenters. The maximum Gasteiger partial charge on any atom is 0.255 e. The quantitative estimate of drug-likeness (QED) is 0.898. The molecule has 5 nitrogen and oxygen atoms in total. The van der Waals surface area contributed by atoms with Gasteiger partial charge in [0.25, 0.3) is 5.91 Å². The summed E-state index contributed by atoms with van der Waals surface area (Å²) < 4.78 is 36.3. The summed E-state index contributed by atoms with van der Waals surface area (Å²) in [7, 11) is -4.26. The SMILES string of the molecule is CC1CC(C)N(C(=O)c2cc(S(N)(=O)=O)c(F)cc2Cl)C1. The molecule has 1 aromatic rings. The van der Waals surface area contributed by atoms with Crippen LogP contribution in [0.3, 0.4) is 0 Å². The molecular formula is C13H16ClFN2O3S. The van der Waals surface area contributed by atoms with Crippen LogP contribution < -0.4 is 5.14 Å². The molecule has 21 heavy (non-hydrogen) atoms. The molecule has 1 heterocycles.